The number of unbranched alkanes of at least 4 members (excludes halogenated alkanes) is 31. The lowest BCUT2D eigenvalue weighted by Crippen LogP contribution is -2.45. The highest BCUT2D eigenvalue weighted by Gasteiger charge is 2.18. The number of aliphatic hydroxyl groups is 2. The highest BCUT2D eigenvalue weighted by atomic mass is 16.5. The minimum absolute atomic E-state index is 0.0165. The molecule has 0 aromatic carbocycles. The second-order valence-corrected chi connectivity index (χ2v) is 17.1. The van der Waals surface area contributed by atoms with Crippen LogP contribution in [0.15, 0.2) is 36.5 Å². The zero-order chi connectivity index (χ0) is 42.3. The summed E-state index contributed by atoms with van der Waals surface area (Å²) in [5.74, 6) is -0.0948. The molecule has 0 bridgehead atoms. The summed E-state index contributed by atoms with van der Waals surface area (Å²) in [6.45, 7) is 4.80. The van der Waals surface area contributed by atoms with Crippen molar-refractivity contribution in [3.05, 3.63) is 36.5 Å². The van der Waals surface area contributed by atoms with Crippen LogP contribution >= 0.6 is 0 Å². The van der Waals surface area contributed by atoms with Crippen LogP contribution < -0.4 is 5.32 Å². The Labute approximate surface area is 360 Å². The summed E-state index contributed by atoms with van der Waals surface area (Å²) in [5.41, 5.74) is 0. The molecule has 6 heteroatoms. The fourth-order valence-electron chi connectivity index (χ4n) is 7.49. The molecule has 0 fully saturated rings. The quantitative estimate of drug-likeness (QED) is 0.0323. The number of rotatable bonds is 46. The molecule has 58 heavy (non-hydrogen) atoms. The fraction of sp³-hybridized carbons (Fsp3) is 0.846. The number of nitrogens with one attached hydrogen (secondary N) is 1. The van der Waals surface area contributed by atoms with Gasteiger partial charge in [0, 0.05) is 12.8 Å². The summed E-state index contributed by atoms with van der Waals surface area (Å²) in [7, 11) is 0. The van der Waals surface area contributed by atoms with E-state index in [1.165, 1.54) is 167 Å². The first-order valence-electron chi connectivity index (χ1n) is 25.3. The highest BCUT2D eigenvalue weighted by Crippen LogP contribution is 2.15. The van der Waals surface area contributed by atoms with E-state index in [0.29, 0.717) is 19.4 Å². The molecule has 0 rings (SSSR count). The van der Waals surface area contributed by atoms with Crippen LogP contribution in [0.4, 0.5) is 0 Å². The van der Waals surface area contributed by atoms with E-state index in [1.807, 2.05) is 6.08 Å². The normalized spacial score (nSPS) is 13.0. The molecule has 0 radical (unpaired) electrons. The van der Waals surface area contributed by atoms with Gasteiger partial charge >= 0.3 is 5.97 Å². The lowest BCUT2D eigenvalue weighted by Gasteiger charge is -2.20. The molecule has 0 aliphatic rings. The third-order valence-corrected chi connectivity index (χ3v) is 11.4. The van der Waals surface area contributed by atoms with Crippen molar-refractivity contribution in [1.29, 1.82) is 0 Å². The van der Waals surface area contributed by atoms with Gasteiger partial charge in [-0.2, -0.15) is 0 Å². The number of ether oxygens (including phenoxy) is 1. The van der Waals surface area contributed by atoms with Crippen LogP contribution in [0.1, 0.15) is 258 Å². The van der Waals surface area contributed by atoms with Gasteiger partial charge in [-0.3, -0.25) is 9.59 Å². The first kappa shape index (κ1) is 56.1. The minimum atomic E-state index is -0.850. The molecule has 340 valence electrons. The van der Waals surface area contributed by atoms with E-state index in [9.17, 15) is 19.8 Å². The summed E-state index contributed by atoms with van der Waals surface area (Å²) >= 11 is 0. The topological polar surface area (TPSA) is 95.9 Å². The molecule has 6 nitrogen and oxygen atoms in total. The number of aliphatic hydroxyl groups excluding tert-OH is 2. The van der Waals surface area contributed by atoms with Gasteiger partial charge in [-0.15, -0.1) is 0 Å². The van der Waals surface area contributed by atoms with Crippen LogP contribution in [0.3, 0.4) is 0 Å². The number of hydrogen-bond acceptors (Lipinski definition) is 5. The van der Waals surface area contributed by atoms with Crippen molar-refractivity contribution in [2.75, 3.05) is 13.2 Å². The number of carbonyl (C=O) groups excluding carboxylic acids is 2. The maximum Gasteiger partial charge on any atom is 0.305 e. The number of allylic oxidation sites excluding steroid dienone is 5. The first-order valence-corrected chi connectivity index (χ1v) is 25.3. The second-order valence-electron chi connectivity index (χ2n) is 17.1. The molecular weight excluding hydrogens is 719 g/mol. The molecule has 0 saturated heterocycles. The number of hydrogen-bond donors (Lipinski definition) is 3. The molecule has 3 N–H and O–H groups in total. The summed E-state index contributed by atoms with van der Waals surface area (Å²) in [6.07, 6.45) is 57.1. The molecule has 0 heterocycles. The standard InChI is InChI=1S/C52H97NO5/c1-3-5-7-9-11-13-15-20-24-28-32-36-40-44-50(55)49(48-54)53-51(56)45-41-37-33-29-25-22-18-17-19-23-27-31-35-39-43-47-58-52(57)46-42-38-34-30-26-21-16-14-12-10-8-6-4-2/h8,10,14,16,40,44,49-50,54-55H,3-7,9,11-13,15,17-39,41-43,45-48H2,1-2H3,(H,53,56)/b10-8-,16-14-,44-40+. The maximum atomic E-state index is 12.4. The van der Waals surface area contributed by atoms with Gasteiger partial charge in [0.1, 0.15) is 0 Å². The zero-order valence-electron chi connectivity index (χ0n) is 38.5. The van der Waals surface area contributed by atoms with Crippen LogP contribution in [0.5, 0.6) is 0 Å². The van der Waals surface area contributed by atoms with Crippen molar-refractivity contribution in [1.82, 2.24) is 5.32 Å². The first-order chi connectivity index (χ1) is 28.5. The Morgan fingerprint density at radius 1 is 0.483 bits per heavy atom. The number of carbonyl (C=O) groups is 2. The molecule has 0 aliphatic heterocycles. The van der Waals surface area contributed by atoms with E-state index in [2.05, 4.69) is 43.5 Å². The van der Waals surface area contributed by atoms with Crippen LogP contribution in [0, 0.1) is 0 Å². The van der Waals surface area contributed by atoms with Gasteiger partial charge in [0.2, 0.25) is 5.91 Å². The van der Waals surface area contributed by atoms with Gasteiger partial charge in [-0.1, -0.05) is 224 Å². The van der Waals surface area contributed by atoms with Crippen LogP contribution in [0.25, 0.3) is 0 Å². The minimum Gasteiger partial charge on any atom is -0.466 e. The van der Waals surface area contributed by atoms with Gasteiger partial charge in [0.15, 0.2) is 0 Å². The third kappa shape index (κ3) is 43.7. The van der Waals surface area contributed by atoms with E-state index in [1.54, 1.807) is 6.08 Å². The average Bonchev–Trinajstić information content (AvgIpc) is 3.22. The summed E-state index contributed by atoms with van der Waals surface area (Å²) in [6, 6.07) is -0.634. The molecule has 0 aromatic heterocycles. The maximum absolute atomic E-state index is 12.4. The van der Waals surface area contributed by atoms with Gasteiger partial charge in [-0.25, -0.2) is 0 Å². The van der Waals surface area contributed by atoms with Gasteiger partial charge < -0.3 is 20.3 Å². The Hall–Kier alpha value is -1.92. The smallest absolute Gasteiger partial charge is 0.305 e. The average molecular weight is 816 g/mol. The fourth-order valence-corrected chi connectivity index (χ4v) is 7.49. The SMILES string of the molecule is CCC/C=C\C/C=C\CCCCCCCC(=O)OCCCCCCCCCCCCCCCCCC(=O)NC(CO)C(O)/C=C/CCCCCCCCCCCCC. The molecule has 0 aromatic rings. The molecule has 2 atom stereocenters. The monoisotopic (exact) mass is 816 g/mol. The Morgan fingerprint density at radius 2 is 0.897 bits per heavy atom. The van der Waals surface area contributed by atoms with E-state index in [0.717, 1.165) is 64.2 Å². The Balaban J connectivity index is 3.48. The van der Waals surface area contributed by atoms with Crippen LogP contribution in [-0.4, -0.2) is 47.4 Å². The Bertz CT molecular complexity index is 946. The van der Waals surface area contributed by atoms with Gasteiger partial charge in [0.25, 0.3) is 0 Å². The van der Waals surface area contributed by atoms with E-state index < -0.39 is 12.1 Å². The predicted octanol–water partition coefficient (Wildman–Crippen LogP) is 14.9. The van der Waals surface area contributed by atoms with Crippen molar-refractivity contribution < 1.29 is 24.5 Å². The highest BCUT2D eigenvalue weighted by molar-refractivity contribution is 5.76. The summed E-state index contributed by atoms with van der Waals surface area (Å²) < 4.78 is 5.45. The van der Waals surface area contributed by atoms with Crippen molar-refractivity contribution in [3.8, 4) is 0 Å². The van der Waals surface area contributed by atoms with Crippen molar-refractivity contribution >= 4 is 11.9 Å². The van der Waals surface area contributed by atoms with Crippen molar-refractivity contribution in [2.24, 2.45) is 0 Å². The van der Waals surface area contributed by atoms with Gasteiger partial charge in [-0.05, 0) is 57.8 Å². The Morgan fingerprint density at radius 3 is 1.38 bits per heavy atom. The summed E-state index contributed by atoms with van der Waals surface area (Å²) in [4.78, 5) is 24.4. The molecule has 1 amide bonds. The third-order valence-electron chi connectivity index (χ3n) is 11.4. The zero-order valence-corrected chi connectivity index (χ0v) is 38.5. The molecule has 0 saturated carbocycles. The van der Waals surface area contributed by atoms with E-state index >= 15 is 0 Å². The van der Waals surface area contributed by atoms with E-state index in [-0.39, 0.29) is 18.5 Å². The van der Waals surface area contributed by atoms with E-state index in [4.69, 9.17) is 4.74 Å². The van der Waals surface area contributed by atoms with Crippen molar-refractivity contribution in [2.45, 2.75) is 270 Å². The molecule has 0 spiro atoms. The largest absolute Gasteiger partial charge is 0.466 e. The van der Waals surface area contributed by atoms with Crippen LogP contribution in [0.2, 0.25) is 0 Å². The second kappa shape index (κ2) is 47.8. The van der Waals surface area contributed by atoms with Crippen LogP contribution in [-0.2, 0) is 14.3 Å². The Kier molecular flexibility index (Phi) is 46.2. The van der Waals surface area contributed by atoms with Crippen molar-refractivity contribution in [3.63, 3.8) is 0 Å². The summed E-state index contributed by atoms with van der Waals surface area (Å²) in [5, 5.41) is 23.0. The lowest BCUT2D eigenvalue weighted by molar-refractivity contribution is -0.143. The number of esters is 1. The molecular formula is C52H97NO5. The molecule has 0 aliphatic carbocycles. The lowest BCUT2D eigenvalue weighted by atomic mass is 10.0. The predicted molar refractivity (Wildman–Crippen MR) is 250 cm³/mol. The van der Waals surface area contributed by atoms with Gasteiger partial charge in [0.05, 0.1) is 25.4 Å². The number of amides is 1. The molecule has 2 unspecified atom stereocenters.